The second kappa shape index (κ2) is 3.58. The summed E-state index contributed by atoms with van der Waals surface area (Å²) in [6.45, 7) is 0. The maximum Gasteiger partial charge on any atom is 0.140 e. The highest BCUT2D eigenvalue weighted by molar-refractivity contribution is 8.03. The average molecular weight is 191 g/mol. The molecular weight excluding hydrogens is 182 g/mol. The SMILES string of the molecule is Oc1ccccc1N1C=CC=CS1. The average Bonchev–Trinajstić information content (AvgIpc) is 2.20. The molecule has 0 radical (unpaired) electrons. The molecule has 0 spiro atoms. The van der Waals surface area contributed by atoms with Gasteiger partial charge in [-0.1, -0.05) is 18.2 Å². The van der Waals surface area contributed by atoms with Crippen molar-refractivity contribution in [3.8, 4) is 5.75 Å². The van der Waals surface area contributed by atoms with Gasteiger partial charge in [0.1, 0.15) is 5.75 Å². The van der Waals surface area contributed by atoms with E-state index in [1.54, 1.807) is 6.07 Å². The smallest absolute Gasteiger partial charge is 0.140 e. The number of anilines is 1. The summed E-state index contributed by atoms with van der Waals surface area (Å²) >= 11 is 1.54. The number of phenols is 1. The minimum absolute atomic E-state index is 0.301. The number of phenolic OH excluding ortho intramolecular Hbond substituents is 1. The zero-order valence-electron chi connectivity index (χ0n) is 6.92. The molecule has 13 heavy (non-hydrogen) atoms. The Morgan fingerprint density at radius 3 is 2.69 bits per heavy atom. The lowest BCUT2D eigenvalue weighted by Crippen LogP contribution is -2.05. The van der Waals surface area contributed by atoms with Crippen molar-refractivity contribution < 1.29 is 5.11 Å². The van der Waals surface area contributed by atoms with E-state index in [0.29, 0.717) is 5.75 Å². The molecule has 1 heterocycles. The van der Waals surface area contributed by atoms with Crippen LogP contribution in [0.1, 0.15) is 0 Å². The van der Waals surface area contributed by atoms with E-state index in [2.05, 4.69) is 0 Å². The van der Waals surface area contributed by atoms with E-state index in [4.69, 9.17) is 0 Å². The molecule has 1 aromatic rings. The van der Waals surface area contributed by atoms with E-state index in [0.717, 1.165) is 5.69 Å². The van der Waals surface area contributed by atoms with Gasteiger partial charge in [0.15, 0.2) is 0 Å². The van der Waals surface area contributed by atoms with Crippen LogP contribution in [0.15, 0.2) is 48.0 Å². The van der Waals surface area contributed by atoms with Gasteiger partial charge in [-0.15, -0.1) is 0 Å². The van der Waals surface area contributed by atoms with Crippen molar-refractivity contribution in [3.63, 3.8) is 0 Å². The second-order valence-corrected chi connectivity index (χ2v) is 3.47. The summed E-state index contributed by atoms with van der Waals surface area (Å²) in [5, 5.41) is 11.5. The maximum absolute atomic E-state index is 9.55. The van der Waals surface area contributed by atoms with E-state index in [-0.39, 0.29) is 0 Å². The third-order valence-electron chi connectivity index (χ3n) is 1.70. The van der Waals surface area contributed by atoms with Crippen LogP contribution in [0.4, 0.5) is 5.69 Å². The largest absolute Gasteiger partial charge is 0.506 e. The van der Waals surface area contributed by atoms with Crippen molar-refractivity contribution in [1.29, 1.82) is 0 Å². The van der Waals surface area contributed by atoms with E-state index in [1.807, 2.05) is 46.3 Å². The van der Waals surface area contributed by atoms with Gasteiger partial charge in [-0.25, -0.2) is 0 Å². The number of hydrogen-bond donors (Lipinski definition) is 1. The molecule has 0 aliphatic carbocycles. The van der Waals surface area contributed by atoms with Gasteiger partial charge in [0.25, 0.3) is 0 Å². The van der Waals surface area contributed by atoms with E-state index >= 15 is 0 Å². The summed E-state index contributed by atoms with van der Waals surface area (Å²) in [5.74, 6) is 0.301. The van der Waals surface area contributed by atoms with Crippen LogP contribution in [-0.2, 0) is 0 Å². The predicted molar refractivity (Wildman–Crippen MR) is 56.5 cm³/mol. The maximum atomic E-state index is 9.55. The first-order chi connectivity index (χ1) is 6.38. The Morgan fingerprint density at radius 1 is 1.15 bits per heavy atom. The minimum atomic E-state index is 0.301. The van der Waals surface area contributed by atoms with Crippen LogP contribution >= 0.6 is 11.9 Å². The van der Waals surface area contributed by atoms with E-state index in [9.17, 15) is 5.11 Å². The van der Waals surface area contributed by atoms with Crippen LogP contribution in [-0.4, -0.2) is 5.11 Å². The Bertz CT molecular complexity index is 360. The molecular formula is C10H9NOS. The van der Waals surface area contributed by atoms with E-state index in [1.165, 1.54) is 11.9 Å². The minimum Gasteiger partial charge on any atom is -0.506 e. The predicted octanol–water partition coefficient (Wildman–Crippen LogP) is 2.89. The fourth-order valence-corrected chi connectivity index (χ4v) is 1.80. The topological polar surface area (TPSA) is 23.5 Å². The molecule has 2 rings (SSSR count). The number of hydrogen-bond acceptors (Lipinski definition) is 3. The number of aromatic hydroxyl groups is 1. The summed E-state index contributed by atoms with van der Waals surface area (Å²) < 4.78 is 1.91. The standard InChI is InChI=1S/C10H9NOS/c12-10-6-2-1-5-9(10)11-7-3-4-8-13-11/h1-8,12H. The number of nitrogens with zero attached hydrogens (tertiary/aromatic N) is 1. The quantitative estimate of drug-likeness (QED) is 0.690. The Labute approximate surface area is 81.3 Å². The molecule has 1 aromatic carbocycles. The highest BCUT2D eigenvalue weighted by Crippen LogP contribution is 2.33. The first-order valence-corrected chi connectivity index (χ1v) is 4.79. The Morgan fingerprint density at radius 2 is 2.00 bits per heavy atom. The Balaban J connectivity index is 2.30. The van der Waals surface area contributed by atoms with Gasteiger partial charge in [-0.2, -0.15) is 0 Å². The number of para-hydroxylation sites is 2. The lowest BCUT2D eigenvalue weighted by molar-refractivity contribution is 0.477. The molecule has 1 N–H and O–H groups in total. The molecule has 66 valence electrons. The molecule has 2 nitrogen and oxygen atoms in total. The molecule has 1 aliphatic rings. The van der Waals surface area contributed by atoms with Crippen LogP contribution in [0.3, 0.4) is 0 Å². The third-order valence-corrected chi connectivity index (χ3v) is 2.53. The van der Waals surface area contributed by atoms with Crippen molar-refractivity contribution >= 4 is 17.6 Å². The molecule has 0 fully saturated rings. The van der Waals surface area contributed by atoms with Crippen LogP contribution < -0.4 is 4.31 Å². The normalized spacial score (nSPS) is 14.9. The summed E-state index contributed by atoms with van der Waals surface area (Å²) in [4.78, 5) is 0. The van der Waals surface area contributed by atoms with Crippen LogP contribution in [0.2, 0.25) is 0 Å². The van der Waals surface area contributed by atoms with Crippen molar-refractivity contribution in [2.24, 2.45) is 0 Å². The summed E-state index contributed by atoms with van der Waals surface area (Å²) in [6, 6.07) is 7.28. The molecule has 0 bridgehead atoms. The van der Waals surface area contributed by atoms with Gasteiger partial charge in [-0.05, 0) is 35.6 Å². The van der Waals surface area contributed by atoms with Crippen molar-refractivity contribution in [2.45, 2.75) is 0 Å². The van der Waals surface area contributed by atoms with Gasteiger partial charge in [-0.3, -0.25) is 4.31 Å². The highest BCUT2D eigenvalue weighted by Gasteiger charge is 2.07. The molecule has 3 heteroatoms. The van der Waals surface area contributed by atoms with Gasteiger partial charge >= 0.3 is 0 Å². The first kappa shape index (κ1) is 8.26. The molecule has 0 aromatic heterocycles. The molecule has 0 saturated heterocycles. The Kier molecular flexibility index (Phi) is 2.27. The zero-order chi connectivity index (χ0) is 9.10. The second-order valence-electron chi connectivity index (χ2n) is 2.59. The number of rotatable bonds is 1. The summed E-state index contributed by atoms with van der Waals surface area (Å²) in [5.41, 5.74) is 0.813. The van der Waals surface area contributed by atoms with Gasteiger partial charge in [0, 0.05) is 6.20 Å². The van der Waals surface area contributed by atoms with Crippen molar-refractivity contribution in [1.82, 2.24) is 0 Å². The van der Waals surface area contributed by atoms with Crippen molar-refractivity contribution in [3.05, 3.63) is 48.0 Å². The summed E-state index contributed by atoms with van der Waals surface area (Å²) in [7, 11) is 0. The molecule has 0 atom stereocenters. The zero-order valence-corrected chi connectivity index (χ0v) is 7.74. The molecule has 0 unspecified atom stereocenters. The van der Waals surface area contributed by atoms with E-state index < -0.39 is 0 Å². The third kappa shape index (κ3) is 1.70. The van der Waals surface area contributed by atoms with Gasteiger partial charge < -0.3 is 5.11 Å². The van der Waals surface area contributed by atoms with Crippen LogP contribution in [0.25, 0.3) is 0 Å². The fourth-order valence-electron chi connectivity index (χ4n) is 1.10. The Hall–Kier alpha value is -1.35. The first-order valence-electron chi connectivity index (χ1n) is 3.95. The van der Waals surface area contributed by atoms with Crippen LogP contribution in [0.5, 0.6) is 5.75 Å². The monoisotopic (exact) mass is 191 g/mol. The summed E-state index contributed by atoms with van der Waals surface area (Å²) in [6.07, 6.45) is 5.81. The highest BCUT2D eigenvalue weighted by atomic mass is 32.2. The van der Waals surface area contributed by atoms with Gasteiger partial charge in [0.2, 0.25) is 0 Å². The van der Waals surface area contributed by atoms with Crippen LogP contribution in [0, 0.1) is 0 Å². The molecule has 0 amide bonds. The molecule has 0 saturated carbocycles. The lowest BCUT2D eigenvalue weighted by Gasteiger charge is -2.19. The molecule has 1 aliphatic heterocycles. The van der Waals surface area contributed by atoms with Gasteiger partial charge in [0.05, 0.1) is 5.69 Å². The van der Waals surface area contributed by atoms with Crippen molar-refractivity contribution in [2.75, 3.05) is 4.31 Å². The number of benzene rings is 1. The number of allylic oxidation sites excluding steroid dienone is 2. The fraction of sp³-hybridized carbons (Fsp3) is 0. The lowest BCUT2D eigenvalue weighted by atomic mass is 10.3.